The fraction of sp³-hybridized carbons (Fsp3) is 0.545. The molecule has 0 radical (unpaired) electrons. The molecule has 1 amide bonds. The Kier molecular flexibility index (Phi) is 10.2. The fourth-order valence-electron chi connectivity index (χ4n) is 3.69. The van der Waals surface area contributed by atoms with Crippen molar-refractivity contribution in [3.63, 3.8) is 0 Å². The van der Waals surface area contributed by atoms with Crippen molar-refractivity contribution in [3.8, 4) is 11.5 Å². The van der Waals surface area contributed by atoms with Gasteiger partial charge in [0.05, 0.1) is 0 Å². The third-order valence-electron chi connectivity index (χ3n) is 5.56. The highest BCUT2D eigenvalue weighted by molar-refractivity contribution is 14.0. The zero-order chi connectivity index (χ0) is 21.3. The third-order valence-corrected chi connectivity index (χ3v) is 5.56. The summed E-state index contributed by atoms with van der Waals surface area (Å²) in [7, 11) is 3.52. The van der Waals surface area contributed by atoms with Gasteiger partial charge in [0.1, 0.15) is 0 Å². The predicted octanol–water partition coefficient (Wildman–Crippen LogP) is 2.88. The molecule has 1 fully saturated rings. The van der Waals surface area contributed by atoms with Crippen LogP contribution in [0, 0.1) is 5.92 Å². The molecule has 0 unspecified atom stereocenters. The summed E-state index contributed by atoms with van der Waals surface area (Å²) in [5.74, 6) is 2.82. The number of hydrogen-bond acceptors (Lipinski definition) is 5. The molecule has 0 bridgehead atoms. The van der Waals surface area contributed by atoms with Gasteiger partial charge in [-0.15, -0.1) is 24.0 Å². The van der Waals surface area contributed by atoms with Gasteiger partial charge in [0, 0.05) is 52.1 Å². The van der Waals surface area contributed by atoms with Crippen LogP contribution in [0.25, 0.3) is 11.5 Å². The number of aromatic nitrogens is 2. The van der Waals surface area contributed by atoms with E-state index in [-0.39, 0.29) is 29.9 Å². The third kappa shape index (κ3) is 7.19. The van der Waals surface area contributed by atoms with Crippen molar-refractivity contribution in [1.82, 2.24) is 25.7 Å². The van der Waals surface area contributed by atoms with E-state index in [1.54, 1.807) is 7.05 Å². The summed E-state index contributed by atoms with van der Waals surface area (Å²) in [5, 5.41) is 10.1. The molecule has 0 spiro atoms. The molecule has 2 heterocycles. The summed E-state index contributed by atoms with van der Waals surface area (Å²) >= 11 is 0. The Morgan fingerprint density at radius 3 is 2.55 bits per heavy atom. The lowest BCUT2D eigenvalue weighted by Crippen LogP contribution is -2.46. The van der Waals surface area contributed by atoms with Crippen LogP contribution in [-0.2, 0) is 17.6 Å². The summed E-state index contributed by atoms with van der Waals surface area (Å²) < 4.78 is 5.29. The maximum Gasteiger partial charge on any atom is 0.257 e. The SMILES string of the molecule is CCc1noc(-c2ccc(CCNC(=NC)N3CCC(CC(=O)NC)CC3)cc2)n1.I. The normalized spacial score (nSPS) is 14.8. The van der Waals surface area contributed by atoms with Crippen LogP contribution in [0.2, 0.25) is 0 Å². The molecule has 0 saturated carbocycles. The molecule has 9 heteroatoms. The molecule has 1 aromatic carbocycles. The first-order valence-corrected chi connectivity index (χ1v) is 10.7. The first-order chi connectivity index (χ1) is 14.6. The Morgan fingerprint density at radius 1 is 1.26 bits per heavy atom. The van der Waals surface area contributed by atoms with Crippen LogP contribution < -0.4 is 10.6 Å². The number of aryl methyl sites for hydroxylation is 1. The van der Waals surface area contributed by atoms with Gasteiger partial charge in [-0.25, -0.2) is 0 Å². The number of benzene rings is 1. The molecule has 1 aliphatic rings. The van der Waals surface area contributed by atoms with Crippen LogP contribution in [-0.4, -0.2) is 60.6 Å². The van der Waals surface area contributed by atoms with Crippen LogP contribution in [0.3, 0.4) is 0 Å². The van der Waals surface area contributed by atoms with Gasteiger partial charge in [0.15, 0.2) is 11.8 Å². The van der Waals surface area contributed by atoms with E-state index in [1.807, 2.05) is 26.1 Å². The number of aliphatic imine (C=N–C) groups is 1. The number of amides is 1. The van der Waals surface area contributed by atoms with Gasteiger partial charge in [-0.2, -0.15) is 4.98 Å². The van der Waals surface area contributed by atoms with Crippen LogP contribution in [0.5, 0.6) is 0 Å². The monoisotopic (exact) mass is 540 g/mol. The fourth-order valence-corrected chi connectivity index (χ4v) is 3.69. The summed E-state index contributed by atoms with van der Waals surface area (Å²) in [6.45, 7) is 4.68. The molecule has 1 aliphatic heterocycles. The zero-order valence-electron chi connectivity index (χ0n) is 18.6. The van der Waals surface area contributed by atoms with Crippen molar-refractivity contribution in [2.45, 2.75) is 39.0 Å². The van der Waals surface area contributed by atoms with Gasteiger partial charge in [-0.05, 0) is 42.9 Å². The van der Waals surface area contributed by atoms with E-state index >= 15 is 0 Å². The number of carbonyl (C=O) groups is 1. The summed E-state index contributed by atoms with van der Waals surface area (Å²) in [4.78, 5) is 22.7. The van der Waals surface area contributed by atoms with E-state index in [9.17, 15) is 4.79 Å². The average Bonchev–Trinajstić information content (AvgIpc) is 3.27. The van der Waals surface area contributed by atoms with Crippen molar-refractivity contribution in [2.24, 2.45) is 10.9 Å². The van der Waals surface area contributed by atoms with E-state index < -0.39 is 0 Å². The second-order valence-corrected chi connectivity index (χ2v) is 7.60. The minimum Gasteiger partial charge on any atom is -0.359 e. The Labute approximate surface area is 201 Å². The smallest absolute Gasteiger partial charge is 0.257 e. The molecule has 2 N–H and O–H groups in total. The van der Waals surface area contributed by atoms with Crippen LogP contribution in [0.15, 0.2) is 33.8 Å². The standard InChI is InChI=1S/C22H32N6O2.HI/c1-4-19-26-21(30-27-19)18-7-5-16(6-8-18)9-12-25-22(24-3)28-13-10-17(11-14-28)15-20(29)23-2;/h5-8,17H,4,9-15H2,1-3H3,(H,23,29)(H,24,25);1H. The van der Waals surface area contributed by atoms with E-state index in [0.29, 0.717) is 18.2 Å². The van der Waals surface area contributed by atoms with Gasteiger partial charge in [0.2, 0.25) is 5.91 Å². The number of hydrogen-bond donors (Lipinski definition) is 2. The Balaban J connectivity index is 0.00000341. The zero-order valence-corrected chi connectivity index (χ0v) is 20.9. The van der Waals surface area contributed by atoms with Crippen molar-refractivity contribution < 1.29 is 9.32 Å². The number of rotatable bonds is 7. The molecule has 2 aromatic rings. The number of piperidine rings is 1. The van der Waals surface area contributed by atoms with Crippen molar-refractivity contribution >= 4 is 35.8 Å². The quantitative estimate of drug-likeness (QED) is 0.319. The van der Waals surface area contributed by atoms with Gasteiger partial charge >= 0.3 is 0 Å². The molecule has 8 nitrogen and oxygen atoms in total. The minimum absolute atomic E-state index is 0. The number of nitrogens with zero attached hydrogens (tertiary/aromatic N) is 4. The summed E-state index contributed by atoms with van der Waals surface area (Å²) in [6, 6.07) is 8.24. The Bertz CT molecular complexity index is 844. The van der Waals surface area contributed by atoms with Crippen LogP contribution in [0.1, 0.15) is 37.6 Å². The topological polar surface area (TPSA) is 95.7 Å². The first-order valence-electron chi connectivity index (χ1n) is 10.7. The van der Waals surface area contributed by atoms with E-state index in [1.165, 1.54) is 5.56 Å². The molecular weight excluding hydrogens is 507 g/mol. The average molecular weight is 540 g/mol. The first kappa shape index (κ1) is 25.1. The van der Waals surface area contributed by atoms with Crippen molar-refractivity contribution in [2.75, 3.05) is 33.7 Å². The lowest BCUT2D eigenvalue weighted by Gasteiger charge is -2.34. The van der Waals surface area contributed by atoms with E-state index in [0.717, 1.165) is 62.7 Å². The Hall–Kier alpha value is -2.17. The van der Waals surface area contributed by atoms with Crippen LogP contribution in [0.4, 0.5) is 0 Å². The second kappa shape index (κ2) is 12.6. The molecular formula is C22H33IN6O2. The largest absolute Gasteiger partial charge is 0.359 e. The highest BCUT2D eigenvalue weighted by Crippen LogP contribution is 2.21. The minimum atomic E-state index is 0. The number of likely N-dealkylation sites (tertiary alicyclic amines) is 1. The number of carbonyl (C=O) groups excluding carboxylic acids is 1. The molecule has 170 valence electrons. The van der Waals surface area contributed by atoms with Crippen molar-refractivity contribution in [1.29, 1.82) is 0 Å². The second-order valence-electron chi connectivity index (χ2n) is 7.60. The Morgan fingerprint density at radius 2 is 1.97 bits per heavy atom. The number of nitrogens with one attached hydrogen (secondary N) is 2. The molecule has 0 atom stereocenters. The number of halogens is 1. The van der Waals surface area contributed by atoms with Crippen LogP contribution >= 0.6 is 24.0 Å². The molecule has 1 aromatic heterocycles. The molecule has 1 saturated heterocycles. The van der Waals surface area contributed by atoms with E-state index in [4.69, 9.17) is 4.52 Å². The molecule has 0 aliphatic carbocycles. The van der Waals surface area contributed by atoms with E-state index in [2.05, 4.69) is 42.8 Å². The molecule has 3 rings (SSSR count). The molecule has 31 heavy (non-hydrogen) atoms. The highest BCUT2D eigenvalue weighted by Gasteiger charge is 2.22. The number of guanidine groups is 1. The predicted molar refractivity (Wildman–Crippen MR) is 133 cm³/mol. The maximum absolute atomic E-state index is 11.6. The van der Waals surface area contributed by atoms with Gasteiger partial charge in [-0.1, -0.05) is 24.2 Å². The summed E-state index contributed by atoms with van der Waals surface area (Å²) in [6.07, 6.45) is 4.32. The van der Waals surface area contributed by atoms with Gasteiger partial charge < -0.3 is 20.1 Å². The lowest BCUT2D eigenvalue weighted by atomic mass is 9.93. The lowest BCUT2D eigenvalue weighted by molar-refractivity contribution is -0.121. The summed E-state index contributed by atoms with van der Waals surface area (Å²) in [5.41, 5.74) is 2.18. The maximum atomic E-state index is 11.6. The van der Waals surface area contributed by atoms with Crippen molar-refractivity contribution in [3.05, 3.63) is 35.7 Å². The van der Waals surface area contributed by atoms with Gasteiger partial charge in [-0.3, -0.25) is 9.79 Å². The van der Waals surface area contributed by atoms with Gasteiger partial charge in [0.25, 0.3) is 5.89 Å². The highest BCUT2D eigenvalue weighted by atomic mass is 127.